The number of carbonyl (C=O) groups excluding carboxylic acids is 2. The third kappa shape index (κ3) is 3.85. The number of hydrogen-bond donors (Lipinski definition) is 0. The van der Waals surface area contributed by atoms with Crippen molar-refractivity contribution in [3.8, 4) is 0 Å². The lowest BCUT2D eigenvalue weighted by Gasteiger charge is -2.35. The number of amides is 2. The fourth-order valence-corrected chi connectivity index (χ4v) is 4.02. The fraction of sp³-hybridized carbons (Fsp3) is 0.364. The van der Waals surface area contributed by atoms with E-state index >= 15 is 0 Å². The topological polar surface area (TPSA) is 83.8 Å². The van der Waals surface area contributed by atoms with Gasteiger partial charge in [-0.15, -0.1) is 0 Å². The molecule has 2 aliphatic rings. The molecule has 0 spiro atoms. The molecule has 150 valence electrons. The zero-order valence-electron chi connectivity index (χ0n) is 16.3. The van der Waals surface area contributed by atoms with Gasteiger partial charge in [-0.25, -0.2) is 0 Å². The molecule has 1 aliphatic heterocycles. The van der Waals surface area contributed by atoms with Crippen LogP contribution in [0.4, 0.5) is 5.69 Å². The second-order valence-electron chi connectivity index (χ2n) is 7.74. The van der Waals surface area contributed by atoms with Gasteiger partial charge in [0.1, 0.15) is 0 Å². The lowest BCUT2D eigenvalue weighted by molar-refractivity contribution is -0.385. The molecule has 2 aromatic carbocycles. The third-order valence-electron chi connectivity index (χ3n) is 5.87. The minimum Gasteiger partial charge on any atom is -0.339 e. The van der Waals surface area contributed by atoms with Crippen molar-refractivity contribution in [2.45, 2.75) is 19.3 Å². The molecule has 2 atom stereocenters. The highest BCUT2D eigenvalue weighted by Gasteiger charge is 2.46. The van der Waals surface area contributed by atoms with Gasteiger partial charge in [0, 0.05) is 49.3 Å². The highest BCUT2D eigenvalue weighted by molar-refractivity contribution is 5.95. The van der Waals surface area contributed by atoms with E-state index in [9.17, 15) is 19.7 Å². The average Bonchev–Trinajstić information content (AvgIpc) is 3.54. The van der Waals surface area contributed by atoms with Gasteiger partial charge < -0.3 is 9.80 Å². The highest BCUT2D eigenvalue weighted by Crippen LogP contribution is 2.48. The lowest BCUT2D eigenvalue weighted by atomic mass is 10.1. The van der Waals surface area contributed by atoms with E-state index in [1.54, 1.807) is 24.0 Å². The van der Waals surface area contributed by atoms with Crippen molar-refractivity contribution >= 4 is 17.5 Å². The van der Waals surface area contributed by atoms with Crippen LogP contribution in [0.2, 0.25) is 0 Å². The number of benzene rings is 2. The molecular formula is C22H23N3O4. The van der Waals surface area contributed by atoms with Gasteiger partial charge in [-0.3, -0.25) is 19.7 Å². The summed E-state index contributed by atoms with van der Waals surface area (Å²) in [4.78, 5) is 39.7. The first-order chi connectivity index (χ1) is 14.0. The molecule has 2 aromatic rings. The Bertz CT molecular complexity index is 952. The van der Waals surface area contributed by atoms with Crippen LogP contribution in [-0.4, -0.2) is 52.7 Å². The monoisotopic (exact) mass is 393 g/mol. The predicted molar refractivity (Wildman–Crippen MR) is 108 cm³/mol. The number of carbonyl (C=O) groups is 2. The highest BCUT2D eigenvalue weighted by atomic mass is 16.6. The van der Waals surface area contributed by atoms with Gasteiger partial charge in [0.15, 0.2) is 0 Å². The van der Waals surface area contributed by atoms with Gasteiger partial charge in [0.25, 0.3) is 11.6 Å². The Balaban J connectivity index is 1.35. The zero-order valence-corrected chi connectivity index (χ0v) is 16.3. The van der Waals surface area contributed by atoms with Crippen LogP contribution in [0.15, 0.2) is 48.5 Å². The van der Waals surface area contributed by atoms with Crippen LogP contribution in [0.25, 0.3) is 0 Å². The van der Waals surface area contributed by atoms with Crippen molar-refractivity contribution in [1.82, 2.24) is 9.80 Å². The number of hydrogen-bond acceptors (Lipinski definition) is 4. The molecule has 2 amide bonds. The van der Waals surface area contributed by atoms with Crippen molar-refractivity contribution < 1.29 is 14.5 Å². The van der Waals surface area contributed by atoms with E-state index in [4.69, 9.17) is 0 Å². The van der Waals surface area contributed by atoms with Crippen molar-refractivity contribution in [2.24, 2.45) is 5.92 Å². The number of piperazine rings is 1. The van der Waals surface area contributed by atoms with Gasteiger partial charge in [-0.05, 0) is 30.9 Å². The van der Waals surface area contributed by atoms with Crippen LogP contribution >= 0.6 is 0 Å². The molecule has 0 radical (unpaired) electrons. The molecule has 29 heavy (non-hydrogen) atoms. The van der Waals surface area contributed by atoms with Crippen LogP contribution in [0.5, 0.6) is 0 Å². The Morgan fingerprint density at radius 1 is 1.00 bits per heavy atom. The Kier molecular flexibility index (Phi) is 5.05. The van der Waals surface area contributed by atoms with E-state index in [0.717, 1.165) is 6.42 Å². The third-order valence-corrected chi connectivity index (χ3v) is 5.87. The quantitative estimate of drug-likeness (QED) is 0.590. The Morgan fingerprint density at radius 2 is 1.66 bits per heavy atom. The van der Waals surface area contributed by atoms with Crippen LogP contribution in [0, 0.1) is 23.0 Å². The Labute approximate surface area is 169 Å². The molecule has 2 fully saturated rings. The predicted octanol–water partition coefficient (Wildman–Crippen LogP) is 2.99. The summed E-state index contributed by atoms with van der Waals surface area (Å²) in [5.74, 6) is 0.279. The van der Waals surface area contributed by atoms with E-state index in [1.807, 2.05) is 23.1 Å². The molecule has 1 saturated heterocycles. The SMILES string of the molecule is Cc1ccc(C(=O)N2CCN(C(=O)C3CC3c3ccccc3)CC2)cc1[N+](=O)[O-]. The van der Waals surface area contributed by atoms with Crippen LogP contribution < -0.4 is 0 Å². The minimum atomic E-state index is -0.471. The Morgan fingerprint density at radius 3 is 2.31 bits per heavy atom. The second kappa shape index (κ2) is 7.66. The molecule has 1 saturated carbocycles. The maximum atomic E-state index is 12.8. The van der Waals surface area contributed by atoms with E-state index in [0.29, 0.717) is 43.2 Å². The molecule has 1 aliphatic carbocycles. The van der Waals surface area contributed by atoms with Crippen molar-refractivity contribution in [3.63, 3.8) is 0 Å². The molecule has 4 rings (SSSR count). The first-order valence-electron chi connectivity index (χ1n) is 9.84. The first kappa shape index (κ1) is 19.1. The number of nitro benzene ring substituents is 1. The molecule has 0 bridgehead atoms. The molecule has 0 N–H and O–H groups in total. The molecular weight excluding hydrogens is 370 g/mol. The molecule has 0 aromatic heterocycles. The van der Waals surface area contributed by atoms with Crippen LogP contribution in [-0.2, 0) is 4.79 Å². The average molecular weight is 393 g/mol. The molecule has 1 heterocycles. The van der Waals surface area contributed by atoms with E-state index in [1.165, 1.54) is 11.6 Å². The number of aryl methyl sites for hydroxylation is 1. The summed E-state index contributed by atoms with van der Waals surface area (Å²) in [5.41, 5.74) is 2.00. The van der Waals surface area contributed by atoms with Gasteiger partial charge in [-0.2, -0.15) is 0 Å². The molecule has 2 unspecified atom stereocenters. The standard InChI is InChI=1S/C22H23N3O4/c1-15-7-8-17(13-20(15)25(28)29)21(26)23-9-11-24(12-10-23)22(27)19-14-18(19)16-5-3-2-4-6-16/h2-8,13,18-19H,9-12,14H2,1H3. The van der Waals surface area contributed by atoms with Crippen molar-refractivity contribution in [2.75, 3.05) is 26.2 Å². The number of nitro groups is 1. The zero-order chi connectivity index (χ0) is 20.5. The molecule has 7 heteroatoms. The second-order valence-corrected chi connectivity index (χ2v) is 7.74. The molecule has 7 nitrogen and oxygen atoms in total. The summed E-state index contributed by atoms with van der Waals surface area (Å²) in [6.45, 7) is 3.52. The van der Waals surface area contributed by atoms with Crippen molar-refractivity contribution in [3.05, 3.63) is 75.3 Å². The summed E-state index contributed by atoms with van der Waals surface area (Å²) in [6, 6.07) is 14.7. The lowest BCUT2D eigenvalue weighted by Crippen LogP contribution is -2.51. The smallest absolute Gasteiger partial charge is 0.273 e. The van der Waals surface area contributed by atoms with Crippen LogP contribution in [0.3, 0.4) is 0 Å². The first-order valence-corrected chi connectivity index (χ1v) is 9.84. The summed E-state index contributed by atoms with van der Waals surface area (Å²) in [5, 5.41) is 11.1. The van der Waals surface area contributed by atoms with E-state index < -0.39 is 4.92 Å². The fourth-order valence-electron chi connectivity index (χ4n) is 4.02. The summed E-state index contributed by atoms with van der Waals surface area (Å²) in [7, 11) is 0. The van der Waals surface area contributed by atoms with Gasteiger partial charge in [0.05, 0.1) is 4.92 Å². The van der Waals surface area contributed by atoms with Gasteiger partial charge in [0.2, 0.25) is 5.91 Å². The summed E-state index contributed by atoms with van der Waals surface area (Å²) >= 11 is 0. The Hall–Kier alpha value is -3.22. The normalized spacial score (nSPS) is 21.0. The number of rotatable bonds is 4. The minimum absolute atomic E-state index is 0.0411. The van der Waals surface area contributed by atoms with E-state index in [2.05, 4.69) is 12.1 Å². The summed E-state index contributed by atoms with van der Waals surface area (Å²) < 4.78 is 0. The van der Waals surface area contributed by atoms with E-state index in [-0.39, 0.29) is 23.4 Å². The maximum Gasteiger partial charge on any atom is 0.273 e. The van der Waals surface area contributed by atoms with Crippen LogP contribution in [0.1, 0.15) is 33.8 Å². The van der Waals surface area contributed by atoms with Crippen molar-refractivity contribution in [1.29, 1.82) is 0 Å². The largest absolute Gasteiger partial charge is 0.339 e. The van der Waals surface area contributed by atoms with Gasteiger partial charge >= 0.3 is 0 Å². The summed E-state index contributed by atoms with van der Waals surface area (Å²) in [6.07, 6.45) is 0.884. The van der Waals surface area contributed by atoms with Gasteiger partial charge in [-0.1, -0.05) is 36.4 Å². The maximum absolute atomic E-state index is 12.8. The number of nitrogens with zero attached hydrogens (tertiary/aromatic N) is 3.